The van der Waals surface area contributed by atoms with Gasteiger partial charge in [0.15, 0.2) is 0 Å². The van der Waals surface area contributed by atoms with Crippen molar-refractivity contribution in [3.8, 4) is 0 Å². The van der Waals surface area contributed by atoms with Crippen LogP contribution in [0, 0.1) is 0 Å². The lowest BCUT2D eigenvalue weighted by molar-refractivity contribution is -0.139. The van der Waals surface area contributed by atoms with Crippen LogP contribution < -0.4 is 0 Å². The van der Waals surface area contributed by atoms with Gasteiger partial charge in [-0.3, -0.25) is 0 Å². The molecular formula is C11H14O4. The number of hydrogen-bond donors (Lipinski definition) is 1. The van der Waals surface area contributed by atoms with E-state index >= 15 is 0 Å². The average molecular weight is 210 g/mol. The first-order valence-electron chi connectivity index (χ1n) is 4.87. The Balaban J connectivity index is 2.88. The van der Waals surface area contributed by atoms with Gasteiger partial charge in [0.1, 0.15) is 0 Å². The molecule has 0 bridgehead atoms. The van der Waals surface area contributed by atoms with E-state index in [-0.39, 0.29) is 5.97 Å². The number of carboxylic acids is 1. The third kappa shape index (κ3) is 2.68. The fraction of sp³-hybridized carbons (Fsp3) is 0.455. The number of hydrogen-bond acceptors (Lipinski definition) is 3. The van der Waals surface area contributed by atoms with Crippen molar-refractivity contribution in [1.29, 1.82) is 0 Å². The van der Waals surface area contributed by atoms with Gasteiger partial charge in [0, 0.05) is 11.1 Å². The van der Waals surface area contributed by atoms with Gasteiger partial charge in [-0.15, -0.1) is 0 Å². The van der Waals surface area contributed by atoms with Crippen molar-refractivity contribution < 1.29 is 19.4 Å². The standard InChI is InChI=1S/C11H14O4/c1-3-15-11(14)9-5-4-8(10(12)13)6-7(9)2/h6H,3-5H2,1-2H3,(H,12,13). The van der Waals surface area contributed by atoms with Gasteiger partial charge >= 0.3 is 11.9 Å². The highest BCUT2D eigenvalue weighted by atomic mass is 16.5. The van der Waals surface area contributed by atoms with Gasteiger partial charge in [0.05, 0.1) is 6.61 Å². The second-order valence-electron chi connectivity index (χ2n) is 3.36. The molecule has 1 aliphatic carbocycles. The monoisotopic (exact) mass is 210 g/mol. The van der Waals surface area contributed by atoms with E-state index < -0.39 is 5.97 Å². The van der Waals surface area contributed by atoms with E-state index in [1.165, 1.54) is 6.08 Å². The Labute approximate surface area is 88.2 Å². The average Bonchev–Trinajstić information content (AvgIpc) is 2.17. The molecule has 0 aromatic carbocycles. The molecule has 0 aromatic rings. The lowest BCUT2D eigenvalue weighted by Gasteiger charge is -2.14. The van der Waals surface area contributed by atoms with E-state index in [0.717, 1.165) is 0 Å². The van der Waals surface area contributed by atoms with Crippen molar-refractivity contribution in [2.45, 2.75) is 26.7 Å². The van der Waals surface area contributed by atoms with Gasteiger partial charge in [-0.05, 0) is 38.3 Å². The van der Waals surface area contributed by atoms with Gasteiger partial charge in [0.2, 0.25) is 0 Å². The fourth-order valence-electron chi connectivity index (χ4n) is 1.53. The van der Waals surface area contributed by atoms with Crippen LogP contribution in [-0.4, -0.2) is 23.7 Å². The molecule has 82 valence electrons. The molecule has 0 atom stereocenters. The van der Waals surface area contributed by atoms with Gasteiger partial charge in [-0.2, -0.15) is 0 Å². The van der Waals surface area contributed by atoms with Crippen LogP contribution in [0.15, 0.2) is 22.8 Å². The molecule has 0 aromatic heterocycles. The summed E-state index contributed by atoms with van der Waals surface area (Å²) in [6.07, 6.45) is 2.38. The lowest BCUT2D eigenvalue weighted by Crippen LogP contribution is -2.14. The minimum Gasteiger partial charge on any atom is -0.478 e. The van der Waals surface area contributed by atoms with Crippen LogP contribution >= 0.6 is 0 Å². The molecule has 0 unspecified atom stereocenters. The SMILES string of the molecule is CCOC(=O)C1=C(C)C=C(C(=O)O)CC1. The van der Waals surface area contributed by atoms with E-state index in [4.69, 9.17) is 9.84 Å². The van der Waals surface area contributed by atoms with E-state index in [0.29, 0.717) is 36.2 Å². The highest BCUT2D eigenvalue weighted by Gasteiger charge is 2.20. The van der Waals surface area contributed by atoms with Crippen molar-refractivity contribution in [3.05, 3.63) is 22.8 Å². The predicted octanol–water partition coefficient (Wildman–Crippen LogP) is 1.67. The maximum atomic E-state index is 11.4. The molecule has 4 nitrogen and oxygen atoms in total. The van der Waals surface area contributed by atoms with Crippen molar-refractivity contribution in [2.75, 3.05) is 6.61 Å². The number of esters is 1. The molecule has 0 saturated carbocycles. The first-order valence-corrected chi connectivity index (χ1v) is 4.87. The van der Waals surface area contributed by atoms with Crippen LogP contribution in [0.4, 0.5) is 0 Å². The Kier molecular flexibility index (Phi) is 3.66. The van der Waals surface area contributed by atoms with Crippen LogP contribution in [0.2, 0.25) is 0 Å². The van der Waals surface area contributed by atoms with Crippen molar-refractivity contribution in [3.63, 3.8) is 0 Å². The second-order valence-corrected chi connectivity index (χ2v) is 3.36. The summed E-state index contributed by atoms with van der Waals surface area (Å²) in [5.41, 5.74) is 1.62. The van der Waals surface area contributed by atoms with E-state index in [1.807, 2.05) is 0 Å². The van der Waals surface area contributed by atoms with E-state index in [9.17, 15) is 9.59 Å². The highest BCUT2D eigenvalue weighted by molar-refractivity contribution is 5.93. The zero-order chi connectivity index (χ0) is 11.4. The Morgan fingerprint density at radius 2 is 2.13 bits per heavy atom. The van der Waals surface area contributed by atoms with Gasteiger partial charge in [-0.1, -0.05) is 0 Å². The molecule has 4 heteroatoms. The van der Waals surface area contributed by atoms with Crippen LogP contribution in [0.3, 0.4) is 0 Å². The Bertz CT molecular complexity index is 350. The summed E-state index contributed by atoms with van der Waals surface area (Å²) in [5.74, 6) is -1.26. The summed E-state index contributed by atoms with van der Waals surface area (Å²) in [6.45, 7) is 3.81. The third-order valence-electron chi connectivity index (χ3n) is 2.31. The van der Waals surface area contributed by atoms with Gasteiger partial charge in [0.25, 0.3) is 0 Å². The van der Waals surface area contributed by atoms with Gasteiger partial charge < -0.3 is 9.84 Å². The molecule has 1 N–H and O–H groups in total. The van der Waals surface area contributed by atoms with Crippen LogP contribution in [0.25, 0.3) is 0 Å². The molecular weight excluding hydrogens is 196 g/mol. The van der Waals surface area contributed by atoms with Gasteiger partial charge in [-0.25, -0.2) is 9.59 Å². The number of carbonyl (C=O) groups is 2. The zero-order valence-corrected chi connectivity index (χ0v) is 8.87. The fourth-order valence-corrected chi connectivity index (χ4v) is 1.53. The number of ether oxygens (including phenoxy) is 1. The zero-order valence-electron chi connectivity index (χ0n) is 8.87. The molecule has 15 heavy (non-hydrogen) atoms. The van der Waals surface area contributed by atoms with Crippen LogP contribution in [0.1, 0.15) is 26.7 Å². The number of carbonyl (C=O) groups excluding carboxylic acids is 1. The number of aliphatic carboxylic acids is 1. The quantitative estimate of drug-likeness (QED) is 0.720. The second kappa shape index (κ2) is 4.77. The molecule has 0 saturated heterocycles. The van der Waals surface area contributed by atoms with Crippen molar-refractivity contribution >= 4 is 11.9 Å². The Hall–Kier alpha value is -1.58. The largest absolute Gasteiger partial charge is 0.478 e. The first kappa shape index (κ1) is 11.5. The maximum Gasteiger partial charge on any atom is 0.334 e. The lowest BCUT2D eigenvalue weighted by atomic mass is 9.93. The van der Waals surface area contributed by atoms with Crippen LogP contribution in [0.5, 0.6) is 0 Å². The normalized spacial score (nSPS) is 16.0. The van der Waals surface area contributed by atoms with E-state index in [2.05, 4.69) is 0 Å². The summed E-state index contributed by atoms with van der Waals surface area (Å²) in [7, 11) is 0. The third-order valence-corrected chi connectivity index (χ3v) is 2.31. The topological polar surface area (TPSA) is 63.6 Å². The first-order chi connectivity index (χ1) is 7.06. The summed E-state index contributed by atoms with van der Waals surface area (Å²) < 4.78 is 4.87. The van der Waals surface area contributed by atoms with Crippen molar-refractivity contribution in [2.24, 2.45) is 0 Å². The Morgan fingerprint density at radius 1 is 1.47 bits per heavy atom. The molecule has 0 amide bonds. The highest BCUT2D eigenvalue weighted by Crippen LogP contribution is 2.24. The molecule has 1 rings (SSSR count). The smallest absolute Gasteiger partial charge is 0.334 e. The Morgan fingerprint density at radius 3 is 2.60 bits per heavy atom. The summed E-state index contributed by atoms with van der Waals surface area (Å²) >= 11 is 0. The molecule has 0 heterocycles. The number of rotatable bonds is 3. The minimum absolute atomic E-state index is 0.337. The summed E-state index contributed by atoms with van der Waals surface area (Å²) in [5, 5.41) is 8.78. The molecule has 1 aliphatic rings. The number of allylic oxidation sites excluding steroid dienone is 2. The molecule has 0 fully saturated rings. The maximum absolute atomic E-state index is 11.4. The van der Waals surface area contributed by atoms with Crippen LogP contribution in [-0.2, 0) is 14.3 Å². The molecule has 0 radical (unpaired) electrons. The van der Waals surface area contributed by atoms with Crippen molar-refractivity contribution in [1.82, 2.24) is 0 Å². The number of carboxylic acid groups (broad SMARTS) is 1. The summed E-state index contributed by atoms with van der Waals surface area (Å²) in [4.78, 5) is 22.1. The predicted molar refractivity (Wildman–Crippen MR) is 54.3 cm³/mol. The summed E-state index contributed by atoms with van der Waals surface area (Å²) in [6, 6.07) is 0. The minimum atomic E-state index is -0.919. The molecule has 0 spiro atoms. The molecule has 0 aliphatic heterocycles. The van der Waals surface area contributed by atoms with E-state index in [1.54, 1.807) is 13.8 Å².